The number of carbonyl (C=O) groups excluding carboxylic acids is 1. The predicted octanol–water partition coefficient (Wildman–Crippen LogP) is 0.0755. The summed E-state index contributed by atoms with van der Waals surface area (Å²) in [4.78, 5) is 22.7. The van der Waals surface area contributed by atoms with Crippen molar-refractivity contribution in [1.29, 1.82) is 0 Å². The number of hydrogen-bond acceptors (Lipinski definition) is 6. The Hall–Kier alpha value is -2.29. The molecule has 2 N–H and O–H groups in total. The molecule has 0 radical (unpaired) electrons. The molecule has 9 heteroatoms. The highest BCUT2D eigenvalue weighted by molar-refractivity contribution is 7.91. The van der Waals surface area contributed by atoms with Crippen molar-refractivity contribution >= 4 is 21.7 Å². The summed E-state index contributed by atoms with van der Waals surface area (Å²) in [6.45, 7) is -0.320. The lowest BCUT2D eigenvalue weighted by atomic mass is 10.2. The second kappa shape index (κ2) is 6.86. The Labute approximate surface area is 133 Å². The minimum atomic E-state index is -3.06. The molecule has 23 heavy (non-hydrogen) atoms. The predicted molar refractivity (Wildman–Crippen MR) is 80.6 cm³/mol. The van der Waals surface area contributed by atoms with Gasteiger partial charge in [0.05, 0.1) is 24.2 Å². The number of carboxylic acids is 1. The van der Waals surface area contributed by atoms with E-state index in [-0.39, 0.29) is 35.2 Å². The molecule has 1 saturated heterocycles. The first-order valence-electron chi connectivity index (χ1n) is 6.84. The van der Waals surface area contributed by atoms with E-state index >= 15 is 0 Å². The van der Waals surface area contributed by atoms with Crippen LogP contribution in [0, 0.1) is 0 Å². The van der Waals surface area contributed by atoms with Gasteiger partial charge < -0.3 is 19.9 Å². The molecule has 2 rings (SSSR count). The van der Waals surface area contributed by atoms with Crippen molar-refractivity contribution in [2.45, 2.75) is 12.5 Å². The molecule has 1 heterocycles. The molecule has 0 unspecified atom stereocenters. The van der Waals surface area contributed by atoms with Crippen LogP contribution in [0.4, 0.5) is 0 Å². The second-order valence-electron chi connectivity index (χ2n) is 5.13. The highest BCUT2D eigenvalue weighted by atomic mass is 32.2. The number of ether oxygens (including phenoxy) is 2. The van der Waals surface area contributed by atoms with Crippen LogP contribution < -0.4 is 14.8 Å². The Morgan fingerprint density at radius 3 is 2.65 bits per heavy atom. The van der Waals surface area contributed by atoms with Gasteiger partial charge in [0.2, 0.25) is 0 Å². The minimum absolute atomic E-state index is 0.0369. The van der Waals surface area contributed by atoms with Gasteiger partial charge in [-0.15, -0.1) is 0 Å². The molecule has 1 fully saturated rings. The third-order valence-electron chi connectivity index (χ3n) is 3.37. The zero-order valence-corrected chi connectivity index (χ0v) is 13.3. The highest BCUT2D eigenvalue weighted by Gasteiger charge is 2.28. The monoisotopic (exact) mass is 343 g/mol. The summed E-state index contributed by atoms with van der Waals surface area (Å²) in [5.74, 6) is -1.11. The Balaban J connectivity index is 1.92. The number of carboxylic acid groups (broad SMARTS) is 1. The average Bonchev–Trinajstić information content (AvgIpc) is 2.83. The molecular formula is C14H17NO7S. The minimum Gasteiger partial charge on any atom is -0.493 e. The lowest BCUT2D eigenvalue weighted by Crippen LogP contribution is -2.38. The normalized spacial score (nSPS) is 19.1. The molecule has 8 nitrogen and oxygen atoms in total. The number of carbonyl (C=O) groups is 2. The molecule has 0 spiro atoms. The second-order valence-corrected chi connectivity index (χ2v) is 7.36. The first-order chi connectivity index (χ1) is 10.8. The van der Waals surface area contributed by atoms with Gasteiger partial charge >= 0.3 is 5.97 Å². The number of hydrogen-bond donors (Lipinski definition) is 2. The van der Waals surface area contributed by atoms with Crippen molar-refractivity contribution in [3.63, 3.8) is 0 Å². The van der Waals surface area contributed by atoms with Crippen LogP contribution in [-0.4, -0.2) is 56.7 Å². The van der Waals surface area contributed by atoms with Crippen LogP contribution in [0.3, 0.4) is 0 Å². The lowest BCUT2D eigenvalue weighted by Gasteiger charge is -2.13. The van der Waals surface area contributed by atoms with Crippen LogP contribution in [0.25, 0.3) is 0 Å². The summed E-state index contributed by atoms with van der Waals surface area (Å²) in [6, 6.07) is 3.63. The van der Waals surface area contributed by atoms with Gasteiger partial charge in [-0.2, -0.15) is 0 Å². The van der Waals surface area contributed by atoms with E-state index in [1.54, 1.807) is 0 Å². The molecule has 0 bridgehead atoms. The number of methoxy groups -OCH3 is 1. The lowest BCUT2D eigenvalue weighted by molar-refractivity contribution is -0.123. The van der Waals surface area contributed by atoms with Crippen molar-refractivity contribution in [2.24, 2.45) is 0 Å². The Morgan fingerprint density at radius 1 is 1.35 bits per heavy atom. The molecule has 1 aliphatic heterocycles. The van der Waals surface area contributed by atoms with E-state index in [0.29, 0.717) is 6.42 Å². The van der Waals surface area contributed by atoms with Crippen molar-refractivity contribution in [2.75, 3.05) is 25.2 Å². The van der Waals surface area contributed by atoms with Crippen LogP contribution in [0.15, 0.2) is 18.2 Å². The summed E-state index contributed by atoms with van der Waals surface area (Å²) in [6.07, 6.45) is 0.394. The van der Waals surface area contributed by atoms with Gasteiger partial charge in [0.15, 0.2) is 27.9 Å². The van der Waals surface area contributed by atoms with E-state index in [1.807, 2.05) is 0 Å². The first-order valence-corrected chi connectivity index (χ1v) is 8.67. The van der Waals surface area contributed by atoms with E-state index < -0.39 is 27.8 Å². The summed E-state index contributed by atoms with van der Waals surface area (Å²) >= 11 is 0. The van der Waals surface area contributed by atoms with Gasteiger partial charge in [-0.05, 0) is 24.6 Å². The molecule has 0 saturated carbocycles. The number of benzene rings is 1. The SMILES string of the molecule is COc1cc(C(=O)O)ccc1OCC(=O)N[C@H]1CCS(=O)(=O)C1. The molecular weight excluding hydrogens is 326 g/mol. The Morgan fingerprint density at radius 2 is 2.09 bits per heavy atom. The van der Waals surface area contributed by atoms with Gasteiger partial charge in [0.25, 0.3) is 5.91 Å². The quantitative estimate of drug-likeness (QED) is 0.750. The van der Waals surface area contributed by atoms with E-state index in [9.17, 15) is 18.0 Å². The standard InChI is InChI=1S/C14H17NO7S/c1-21-12-6-9(14(17)18)2-3-11(12)22-7-13(16)15-10-4-5-23(19,20)8-10/h2-3,6,10H,4-5,7-8H2,1H3,(H,15,16)(H,17,18)/t10-/m0/s1. The molecule has 1 aliphatic rings. The summed E-state index contributed by atoms with van der Waals surface area (Å²) in [5.41, 5.74) is 0.0369. The van der Waals surface area contributed by atoms with Crippen molar-refractivity contribution < 1.29 is 32.6 Å². The molecule has 1 amide bonds. The first kappa shape index (κ1) is 17.1. The molecule has 126 valence electrons. The van der Waals surface area contributed by atoms with Crippen molar-refractivity contribution in [3.8, 4) is 11.5 Å². The largest absolute Gasteiger partial charge is 0.493 e. The summed E-state index contributed by atoms with van der Waals surface area (Å²) < 4.78 is 33.0. The van der Waals surface area contributed by atoms with E-state index in [4.69, 9.17) is 14.6 Å². The summed E-state index contributed by atoms with van der Waals surface area (Å²) in [7, 11) is -1.70. The molecule has 1 atom stereocenters. The number of rotatable bonds is 6. The smallest absolute Gasteiger partial charge is 0.335 e. The maximum atomic E-state index is 11.8. The maximum absolute atomic E-state index is 11.8. The zero-order valence-electron chi connectivity index (χ0n) is 12.4. The van der Waals surface area contributed by atoms with Crippen LogP contribution in [0.1, 0.15) is 16.8 Å². The van der Waals surface area contributed by atoms with Crippen molar-refractivity contribution in [3.05, 3.63) is 23.8 Å². The maximum Gasteiger partial charge on any atom is 0.335 e. The van der Waals surface area contributed by atoms with Crippen LogP contribution >= 0.6 is 0 Å². The number of sulfone groups is 1. The van der Waals surface area contributed by atoms with Gasteiger partial charge in [-0.25, -0.2) is 13.2 Å². The molecule has 1 aromatic rings. The zero-order chi connectivity index (χ0) is 17.0. The molecule has 1 aromatic carbocycles. The van der Waals surface area contributed by atoms with Gasteiger partial charge in [0, 0.05) is 6.04 Å². The molecule has 0 aliphatic carbocycles. The molecule has 0 aromatic heterocycles. The fourth-order valence-electron chi connectivity index (χ4n) is 2.24. The third-order valence-corrected chi connectivity index (χ3v) is 5.13. The Kier molecular flexibility index (Phi) is 5.09. The van der Waals surface area contributed by atoms with Crippen LogP contribution in [-0.2, 0) is 14.6 Å². The highest BCUT2D eigenvalue weighted by Crippen LogP contribution is 2.28. The number of amides is 1. The van der Waals surface area contributed by atoms with E-state index in [2.05, 4.69) is 5.32 Å². The van der Waals surface area contributed by atoms with Gasteiger partial charge in [-0.1, -0.05) is 0 Å². The van der Waals surface area contributed by atoms with Gasteiger partial charge in [0.1, 0.15) is 0 Å². The van der Waals surface area contributed by atoms with Crippen LogP contribution in [0.5, 0.6) is 11.5 Å². The fourth-order valence-corrected chi connectivity index (χ4v) is 3.91. The van der Waals surface area contributed by atoms with Crippen LogP contribution in [0.2, 0.25) is 0 Å². The Bertz CT molecular complexity index is 714. The van der Waals surface area contributed by atoms with E-state index in [1.165, 1.54) is 25.3 Å². The number of nitrogens with one attached hydrogen (secondary N) is 1. The summed E-state index contributed by atoms with van der Waals surface area (Å²) in [5, 5.41) is 11.5. The number of aromatic carboxylic acids is 1. The topological polar surface area (TPSA) is 119 Å². The van der Waals surface area contributed by atoms with Crippen molar-refractivity contribution in [1.82, 2.24) is 5.32 Å². The average molecular weight is 343 g/mol. The van der Waals surface area contributed by atoms with Gasteiger partial charge in [-0.3, -0.25) is 4.79 Å². The fraction of sp³-hybridized carbons (Fsp3) is 0.429. The van der Waals surface area contributed by atoms with E-state index in [0.717, 1.165) is 0 Å². The third kappa shape index (κ3) is 4.59.